The molecule has 3 nitrogen and oxygen atoms in total. The number of hydrogen-bond acceptors (Lipinski definition) is 2. The molecular formula is C11H9NO2. The van der Waals surface area contributed by atoms with Gasteiger partial charge >= 0.3 is 0 Å². The molecule has 0 atom stereocenters. The number of ketones is 1. The first-order valence-corrected chi connectivity index (χ1v) is 4.58. The lowest BCUT2D eigenvalue weighted by atomic mass is 10.1. The van der Waals surface area contributed by atoms with Gasteiger partial charge in [-0.25, -0.2) is 0 Å². The Bertz CT molecular complexity index is 513. The normalized spacial score (nSPS) is 15.3. The predicted molar refractivity (Wildman–Crippen MR) is 52.5 cm³/mol. The third-order valence-corrected chi connectivity index (χ3v) is 2.53. The Morgan fingerprint density at radius 2 is 2.29 bits per heavy atom. The van der Waals surface area contributed by atoms with Gasteiger partial charge in [-0.3, -0.25) is 4.79 Å². The number of carbonyl (C=O) groups is 1. The molecule has 0 saturated heterocycles. The van der Waals surface area contributed by atoms with E-state index in [1.165, 1.54) is 0 Å². The van der Waals surface area contributed by atoms with E-state index in [9.17, 15) is 4.79 Å². The predicted octanol–water partition coefficient (Wildman–Crippen LogP) is 1.67. The van der Waals surface area contributed by atoms with Crippen molar-refractivity contribution in [1.29, 1.82) is 0 Å². The summed E-state index contributed by atoms with van der Waals surface area (Å²) in [5.74, 6) is 0.937. The Hall–Kier alpha value is -1.77. The van der Waals surface area contributed by atoms with E-state index >= 15 is 0 Å². The molecule has 0 radical (unpaired) electrons. The Balaban J connectivity index is 2.35. The van der Waals surface area contributed by atoms with Crippen molar-refractivity contribution in [3.05, 3.63) is 30.0 Å². The van der Waals surface area contributed by atoms with Gasteiger partial charge in [0.05, 0.1) is 0 Å². The van der Waals surface area contributed by atoms with Crippen LogP contribution in [0.4, 0.5) is 0 Å². The van der Waals surface area contributed by atoms with Gasteiger partial charge in [0.2, 0.25) is 0 Å². The van der Waals surface area contributed by atoms with Crippen LogP contribution >= 0.6 is 0 Å². The number of nitrogens with one attached hydrogen (secondary N) is 1. The molecule has 0 spiro atoms. The van der Waals surface area contributed by atoms with E-state index in [4.69, 9.17) is 4.74 Å². The summed E-state index contributed by atoms with van der Waals surface area (Å²) in [7, 11) is 0. The van der Waals surface area contributed by atoms with Crippen molar-refractivity contribution < 1.29 is 9.53 Å². The van der Waals surface area contributed by atoms with Crippen molar-refractivity contribution in [1.82, 2.24) is 4.98 Å². The molecule has 1 N–H and O–H groups in total. The number of carbonyl (C=O) groups excluding carboxylic acids is 1. The maximum absolute atomic E-state index is 11.4. The van der Waals surface area contributed by atoms with Gasteiger partial charge in [-0.2, -0.15) is 0 Å². The van der Waals surface area contributed by atoms with E-state index in [1.807, 2.05) is 24.4 Å². The molecule has 1 aromatic heterocycles. The van der Waals surface area contributed by atoms with E-state index in [1.54, 1.807) is 0 Å². The van der Waals surface area contributed by atoms with Gasteiger partial charge in [-0.15, -0.1) is 0 Å². The van der Waals surface area contributed by atoms with Crippen LogP contribution in [0.2, 0.25) is 0 Å². The first-order valence-electron chi connectivity index (χ1n) is 4.58. The maximum Gasteiger partial charge on any atom is 0.174 e. The third kappa shape index (κ3) is 0.954. The SMILES string of the molecule is O=C1COc2cccc3[nH]cc(c23)C1. The molecular weight excluding hydrogens is 178 g/mol. The highest BCUT2D eigenvalue weighted by Gasteiger charge is 2.17. The van der Waals surface area contributed by atoms with Gasteiger partial charge in [-0.1, -0.05) is 6.07 Å². The van der Waals surface area contributed by atoms with Gasteiger partial charge in [0.15, 0.2) is 5.78 Å². The second kappa shape index (κ2) is 2.61. The van der Waals surface area contributed by atoms with Crippen molar-refractivity contribution in [3.8, 4) is 5.75 Å². The van der Waals surface area contributed by atoms with Crippen molar-refractivity contribution in [2.75, 3.05) is 6.61 Å². The first kappa shape index (κ1) is 7.62. The van der Waals surface area contributed by atoms with Crippen molar-refractivity contribution in [3.63, 3.8) is 0 Å². The summed E-state index contributed by atoms with van der Waals surface area (Å²) in [6, 6.07) is 5.81. The zero-order valence-electron chi connectivity index (χ0n) is 7.54. The van der Waals surface area contributed by atoms with Crippen LogP contribution in [0.15, 0.2) is 24.4 Å². The highest BCUT2D eigenvalue weighted by molar-refractivity contribution is 5.95. The molecule has 0 amide bonds. The molecule has 0 saturated carbocycles. The number of Topliss-reactive ketones (excluding diaryl/α,β-unsaturated/α-hetero) is 1. The Morgan fingerprint density at radius 3 is 3.21 bits per heavy atom. The molecule has 1 aliphatic heterocycles. The molecule has 70 valence electrons. The molecule has 3 heteroatoms. The standard InChI is InChI=1S/C11H9NO2/c13-8-4-7-5-12-9-2-1-3-10(11(7)9)14-6-8/h1-3,5,12H,4,6H2. The van der Waals surface area contributed by atoms with E-state index in [0.717, 1.165) is 22.2 Å². The fourth-order valence-corrected chi connectivity index (χ4v) is 1.90. The molecule has 0 fully saturated rings. The molecule has 2 aromatic rings. The smallest absolute Gasteiger partial charge is 0.174 e. The van der Waals surface area contributed by atoms with Crippen LogP contribution in [0, 0.1) is 0 Å². The number of benzene rings is 1. The fourth-order valence-electron chi connectivity index (χ4n) is 1.90. The monoisotopic (exact) mass is 187 g/mol. The minimum absolute atomic E-state index is 0.127. The van der Waals surface area contributed by atoms with Gasteiger partial charge in [0.25, 0.3) is 0 Å². The molecule has 1 aliphatic rings. The molecule has 14 heavy (non-hydrogen) atoms. The van der Waals surface area contributed by atoms with Crippen LogP contribution in [-0.2, 0) is 11.2 Å². The van der Waals surface area contributed by atoms with Crippen LogP contribution in [0.5, 0.6) is 5.75 Å². The summed E-state index contributed by atoms with van der Waals surface area (Å²) in [6.07, 6.45) is 2.36. The zero-order valence-corrected chi connectivity index (χ0v) is 7.54. The minimum Gasteiger partial charge on any atom is -0.485 e. The number of aromatic amines is 1. The number of H-pyrrole nitrogens is 1. The Morgan fingerprint density at radius 1 is 1.36 bits per heavy atom. The number of hydrogen-bond donors (Lipinski definition) is 1. The summed E-state index contributed by atoms with van der Waals surface area (Å²) in [6.45, 7) is 0.188. The highest BCUT2D eigenvalue weighted by Crippen LogP contribution is 2.30. The summed E-state index contributed by atoms with van der Waals surface area (Å²) in [5, 5.41) is 1.05. The first-order chi connectivity index (χ1) is 6.84. The molecule has 1 aromatic carbocycles. The van der Waals surface area contributed by atoms with Crippen LogP contribution in [0.1, 0.15) is 5.56 Å². The number of aromatic nitrogens is 1. The lowest BCUT2D eigenvalue weighted by Gasteiger charge is -2.02. The van der Waals surface area contributed by atoms with Crippen LogP contribution in [0.25, 0.3) is 10.9 Å². The topological polar surface area (TPSA) is 42.1 Å². The van der Waals surface area contributed by atoms with Gasteiger partial charge in [0, 0.05) is 23.5 Å². The van der Waals surface area contributed by atoms with E-state index in [-0.39, 0.29) is 12.4 Å². The van der Waals surface area contributed by atoms with Crippen LogP contribution < -0.4 is 4.74 Å². The minimum atomic E-state index is 0.127. The van der Waals surface area contributed by atoms with Crippen molar-refractivity contribution in [2.45, 2.75) is 6.42 Å². The lowest BCUT2D eigenvalue weighted by molar-refractivity contribution is -0.120. The van der Waals surface area contributed by atoms with Crippen molar-refractivity contribution >= 4 is 16.7 Å². The van der Waals surface area contributed by atoms with E-state index < -0.39 is 0 Å². The van der Waals surface area contributed by atoms with Crippen LogP contribution in [-0.4, -0.2) is 17.4 Å². The Kier molecular flexibility index (Phi) is 1.42. The maximum atomic E-state index is 11.4. The summed E-state index contributed by atoms with van der Waals surface area (Å²) < 4.78 is 5.42. The van der Waals surface area contributed by atoms with Gasteiger partial charge < -0.3 is 9.72 Å². The van der Waals surface area contributed by atoms with Gasteiger partial charge in [0.1, 0.15) is 12.4 Å². The molecule has 0 aliphatic carbocycles. The molecule has 2 heterocycles. The second-order valence-electron chi connectivity index (χ2n) is 3.50. The van der Waals surface area contributed by atoms with Gasteiger partial charge in [-0.05, 0) is 17.7 Å². The fraction of sp³-hybridized carbons (Fsp3) is 0.182. The quantitative estimate of drug-likeness (QED) is 0.681. The average Bonchev–Trinajstić information content (AvgIpc) is 2.51. The van der Waals surface area contributed by atoms with Crippen LogP contribution in [0.3, 0.4) is 0 Å². The second-order valence-corrected chi connectivity index (χ2v) is 3.50. The number of ether oxygens (including phenoxy) is 1. The van der Waals surface area contributed by atoms with E-state index in [0.29, 0.717) is 6.42 Å². The lowest BCUT2D eigenvalue weighted by Crippen LogP contribution is -2.10. The molecule has 0 bridgehead atoms. The summed E-state index contributed by atoms with van der Waals surface area (Å²) >= 11 is 0. The van der Waals surface area contributed by atoms with Crippen molar-refractivity contribution in [2.24, 2.45) is 0 Å². The molecule has 3 rings (SSSR count). The Labute approximate surface area is 80.7 Å². The zero-order chi connectivity index (χ0) is 9.54. The summed E-state index contributed by atoms with van der Waals surface area (Å²) in [5.41, 5.74) is 2.07. The third-order valence-electron chi connectivity index (χ3n) is 2.53. The van der Waals surface area contributed by atoms with E-state index in [2.05, 4.69) is 4.98 Å². The largest absolute Gasteiger partial charge is 0.485 e. The highest BCUT2D eigenvalue weighted by atomic mass is 16.5. The summed E-state index contributed by atoms with van der Waals surface area (Å²) in [4.78, 5) is 14.5. The average molecular weight is 187 g/mol. The molecule has 0 unspecified atom stereocenters. The number of rotatable bonds is 0.